The van der Waals surface area contributed by atoms with Gasteiger partial charge in [0.2, 0.25) is 11.8 Å². The Labute approximate surface area is 118 Å². The lowest BCUT2D eigenvalue weighted by Crippen LogP contribution is -2.26. The molecule has 2 amide bonds. The van der Waals surface area contributed by atoms with Crippen molar-refractivity contribution in [3.05, 3.63) is 24.3 Å². The highest BCUT2D eigenvalue weighted by Crippen LogP contribution is 2.14. The average Bonchev–Trinajstić information content (AvgIpc) is 2.38. The van der Waals surface area contributed by atoms with Crippen LogP contribution in [0.1, 0.15) is 25.7 Å². The lowest BCUT2D eigenvalue weighted by Gasteiger charge is -2.07. The van der Waals surface area contributed by atoms with E-state index in [1.165, 1.54) is 0 Å². The number of nitrogen functional groups attached to an aromatic ring is 1. The molecule has 6 heteroatoms. The molecule has 0 aliphatic rings. The van der Waals surface area contributed by atoms with Gasteiger partial charge >= 0.3 is 0 Å². The van der Waals surface area contributed by atoms with Crippen LogP contribution < -0.4 is 21.5 Å². The predicted octanol–water partition coefficient (Wildman–Crippen LogP) is 0.809. The lowest BCUT2D eigenvalue weighted by molar-refractivity contribution is -0.121. The second-order valence-electron chi connectivity index (χ2n) is 4.44. The van der Waals surface area contributed by atoms with Gasteiger partial charge in [0, 0.05) is 24.7 Å². The molecule has 0 fully saturated rings. The Morgan fingerprint density at radius 2 is 2.00 bits per heavy atom. The minimum Gasteiger partial charge on any atom is -0.493 e. The van der Waals surface area contributed by atoms with Crippen LogP contribution in [-0.2, 0) is 9.59 Å². The fraction of sp³-hybridized carbons (Fsp3) is 0.429. The van der Waals surface area contributed by atoms with Crippen LogP contribution in [-0.4, -0.2) is 25.0 Å². The van der Waals surface area contributed by atoms with E-state index in [0.29, 0.717) is 37.4 Å². The molecule has 0 saturated carbocycles. The number of rotatable bonds is 9. The van der Waals surface area contributed by atoms with E-state index in [0.717, 1.165) is 6.42 Å². The van der Waals surface area contributed by atoms with Crippen LogP contribution in [0.2, 0.25) is 0 Å². The van der Waals surface area contributed by atoms with Crippen LogP contribution in [0.25, 0.3) is 0 Å². The molecule has 110 valence electrons. The summed E-state index contributed by atoms with van der Waals surface area (Å²) >= 11 is 0. The van der Waals surface area contributed by atoms with Gasteiger partial charge in [0.05, 0.1) is 13.0 Å². The third-order valence-electron chi connectivity index (χ3n) is 2.63. The first-order valence-electron chi connectivity index (χ1n) is 6.61. The van der Waals surface area contributed by atoms with Crippen molar-refractivity contribution in [1.29, 1.82) is 0 Å². The monoisotopic (exact) mass is 279 g/mol. The Bertz CT molecular complexity index is 449. The summed E-state index contributed by atoms with van der Waals surface area (Å²) in [6.07, 6.45) is 2.07. The zero-order valence-electron chi connectivity index (χ0n) is 11.4. The number of amides is 2. The molecule has 5 N–H and O–H groups in total. The number of primary amides is 1. The van der Waals surface area contributed by atoms with Gasteiger partial charge in [-0.25, -0.2) is 0 Å². The number of nitrogens with one attached hydrogen (secondary N) is 1. The van der Waals surface area contributed by atoms with Crippen molar-refractivity contribution in [3.63, 3.8) is 0 Å². The Morgan fingerprint density at radius 1 is 1.20 bits per heavy atom. The summed E-state index contributed by atoms with van der Waals surface area (Å²) in [6.45, 7) is 0.848. The minimum atomic E-state index is -0.313. The molecule has 1 aromatic carbocycles. The summed E-state index contributed by atoms with van der Waals surface area (Å²) in [7, 11) is 0. The van der Waals surface area contributed by atoms with Gasteiger partial charge in [0.25, 0.3) is 0 Å². The van der Waals surface area contributed by atoms with Gasteiger partial charge in [0.1, 0.15) is 5.75 Å². The zero-order chi connectivity index (χ0) is 14.8. The van der Waals surface area contributed by atoms with Crippen molar-refractivity contribution < 1.29 is 14.3 Å². The third-order valence-corrected chi connectivity index (χ3v) is 2.63. The quantitative estimate of drug-likeness (QED) is 0.459. The topological polar surface area (TPSA) is 107 Å². The molecular formula is C14H21N3O3. The third kappa shape index (κ3) is 7.25. The van der Waals surface area contributed by atoms with Crippen LogP contribution in [0, 0.1) is 0 Å². The maximum absolute atomic E-state index is 11.5. The molecule has 1 rings (SSSR count). The molecular weight excluding hydrogens is 258 g/mol. The molecule has 6 nitrogen and oxygen atoms in total. The lowest BCUT2D eigenvalue weighted by atomic mass is 10.2. The summed E-state index contributed by atoms with van der Waals surface area (Å²) in [5.41, 5.74) is 11.3. The minimum absolute atomic E-state index is 0.0759. The number of nitrogens with two attached hydrogens (primary N) is 2. The van der Waals surface area contributed by atoms with E-state index in [1.54, 1.807) is 24.3 Å². The molecule has 20 heavy (non-hydrogen) atoms. The molecule has 0 spiro atoms. The number of hydrogen-bond acceptors (Lipinski definition) is 4. The van der Waals surface area contributed by atoms with Crippen LogP contribution in [0.4, 0.5) is 5.69 Å². The van der Waals surface area contributed by atoms with E-state index in [-0.39, 0.29) is 18.2 Å². The molecule has 0 atom stereocenters. The molecule has 0 bridgehead atoms. The summed E-state index contributed by atoms with van der Waals surface area (Å²) < 4.78 is 5.41. The number of benzene rings is 1. The molecule has 0 aromatic heterocycles. The van der Waals surface area contributed by atoms with E-state index in [9.17, 15) is 9.59 Å². The van der Waals surface area contributed by atoms with Crippen LogP contribution in [0.15, 0.2) is 24.3 Å². The van der Waals surface area contributed by atoms with Crippen molar-refractivity contribution in [2.45, 2.75) is 25.7 Å². The fourth-order valence-electron chi connectivity index (χ4n) is 1.61. The van der Waals surface area contributed by atoms with Gasteiger partial charge in [-0.2, -0.15) is 0 Å². The van der Waals surface area contributed by atoms with Crippen LogP contribution in [0.3, 0.4) is 0 Å². The van der Waals surface area contributed by atoms with Crippen LogP contribution in [0.5, 0.6) is 5.75 Å². The predicted molar refractivity (Wildman–Crippen MR) is 77.0 cm³/mol. The van der Waals surface area contributed by atoms with E-state index < -0.39 is 0 Å². The maximum Gasteiger partial charge on any atom is 0.223 e. The number of ether oxygens (including phenoxy) is 1. The first-order valence-corrected chi connectivity index (χ1v) is 6.61. The van der Waals surface area contributed by atoms with Crippen molar-refractivity contribution in [2.24, 2.45) is 5.73 Å². The average molecular weight is 279 g/mol. The van der Waals surface area contributed by atoms with Gasteiger partial charge in [-0.05, 0) is 25.0 Å². The number of anilines is 1. The second kappa shape index (κ2) is 8.79. The van der Waals surface area contributed by atoms with Crippen molar-refractivity contribution in [3.8, 4) is 5.75 Å². The van der Waals surface area contributed by atoms with Gasteiger partial charge in [-0.1, -0.05) is 6.07 Å². The van der Waals surface area contributed by atoms with Crippen molar-refractivity contribution in [1.82, 2.24) is 5.32 Å². The fourth-order valence-corrected chi connectivity index (χ4v) is 1.61. The summed E-state index contributed by atoms with van der Waals surface area (Å²) in [6, 6.07) is 7.06. The standard InChI is InChI=1S/C14H21N3O3/c15-11-4-3-5-12(10-11)20-9-7-14(19)17-8-2-1-6-13(16)18/h3-5,10H,1-2,6-9,15H2,(H2,16,18)(H,17,19). The van der Waals surface area contributed by atoms with E-state index in [4.69, 9.17) is 16.2 Å². The molecule has 1 aromatic rings. The van der Waals surface area contributed by atoms with Crippen LogP contribution >= 0.6 is 0 Å². The molecule has 0 heterocycles. The SMILES string of the molecule is NC(=O)CCCCNC(=O)CCOc1cccc(N)c1. The molecule has 0 aliphatic carbocycles. The van der Waals surface area contributed by atoms with Gasteiger partial charge in [-0.15, -0.1) is 0 Å². The summed E-state index contributed by atoms with van der Waals surface area (Å²) in [4.78, 5) is 22.0. The van der Waals surface area contributed by atoms with E-state index >= 15 is 0 Å². The van der Waals surface area contributed by atoms with Crippen molar-refractivity contribution >= 4 is 17.5 Å². The molecule has 0 unspecified atom stereocenters. The molecule has 0 radical (unpaired) electrons. The second-order valence-corrected chi connectivity index (χ2v) is 4.44. The summed E-state index contributed by atoms with van der Waals surface area (Å²) in [5, 5.41) is 2.76. The van der Waals surface area contributed by atoms with Gasteiger partial charge < -0.3 is 21.5 Å². The smallest absolute Gasteiger partial charge is 0.223 e. The van der Waals surface area contributed by atoms with Gasteiger partial charge in [0.15, 0.2) is 0 Å². The van der Waals surface area contributed by atoms with E-state index in [1.807, 2.05) is 0 Å². The highest BCUT2D eigenvalue weighted by Gasteiger charge is 2.02. The number of carbonyl (C=O) groups is 2. The highest BCUT2D eigenvalue weighted by molar-refractivity contribution is 5.76. The Kier molecular flexibility index (Phi) is 6.95. The largest absolute Gasteiger partial charge is 0.493 e. The van der Waals surface area contributed by atoms with E-state index in [2.05, 4.69) is 5.32 Å². The first-order chi connectivity index (χ1) is 9.58. The number of hydrogen-bond donors (Lipinski definition) is 3. The molecule has 0 aliphatic heterocycles. The summed E-state index contributed by atoms with van der Waals surface area (Å²) in [5.74, 6) is 0.263. The molecule has 0 saturated heterocycles. The maximum atomic E-state index is 11.5. The Balaban J connectivity index is 2.07. The zero-order valence-corrected chi connectivity index (χ0v) is 11.4. The Morgan fingerprint density at radius 3 is 2.70 bits per heavy atom. The number of carbonyl (C=O) groups excluding carboxylic acids is 2. The normalized spacial score (nSPS) is 10.0. The Hall–Kier alpha value is -2.24. The van der Waals surface area contributed by atoms with Gasteiger partial charge in [-0.3, -0.25) is 9.59 Å². The van der Waals surface area contributed by atoms with Crippen molar-refractivity contribution in [2.75, 3.05) is 18.9 Å². The highest BCUT2D eigenvalue weighted by atomic mass is 16.5. The first kappa shape index (κ1) is 15.8. The number of unbranched alkanes of at least 4 members (excludes halogenated alkanes) is 1.